The quantitative estimate of drug-likeness (QED) is 0.662. The van der Waals surface area contributed by atoms with Crippen molar-refractivity contribution in [2.75, 3.05) is 29.9 Å². The molecule has 2 aliphatic rings. The normalized spacial score (nSPS) is 15.8. The summed E-state index contributed by atoms with van der Waals surface area (Å²) >= 11 is 1.55. The fraction of sp³-hybridized carbons (Fsp3) is 0.217. The molecule has 30 heavy (non-hydrogen) atoms. The number of nitrogens with one attached hydrogen (secondary N) is 1. The molecule has 1 fully saturated rings. The van der Waals surface area contributed by atoms with E-state index in [9.17, 15) is 0 Å². The lowest BCUT2D eigenvalue weighted by molar-refractivity contribution is 0.832. The van der Waals surface area contributed by atoms with Crippen LogP contribution in [0.4, 0.5) is 11.9 Å². The van der Waals surface area contributed by atoms with Crippen molar-refractivity contribution in [1.82, 2.24) is 15.0 Å². The lowest BCUT2D eigenvalue weighted by Crippen LogP contribution is -2.22. The summed E-state index contributed by atoms with van der Waals surface area (Å²) in [5, 5.41) is 3.99. The topological polar surface area (TPSA) is 66.3 Å². The molecular weight excluding hydrogens is 392 g/mol. The van der Waals surface area contributed by atoms with Gasteiger partial charge in [0, 0.05) is 18.0 Å². The van der Waals surface area contributed by atoms with Gasteiger partial charge in [-0.15, -0.1) is 0 Å². The molecule has 5 rings (SSSR count). The number of aromatic nitrogens is 3. The van der Waals surface area contributed by atoms with Crippen LogP contribution < -0.4 is 10.2 Å². The molecule has 0 amide bonds. The second-order valence-corrected chi connectivity index (χ2v) is 8.25. The van der Waals surface area contributed by atoms with E-state index in [-0.39, 0.29) is 0 Å². The highest BCUT2D eigenvalue weighted by Crippen LogP contribution is 2.28. The average molecular weight is 415 g/mol. The van der Waals surface area contributed by atoms with Gasteiger partial charge in [-0.05, 0) is 53.9 Å². The lowest BCUT2D eigenvalue weighted by atomic mass is 10.1. The molecule has 3 aromatic rings. The van der Waals surface area contributed by atoms with Gasteiger partial charge in [0.05, 0.1) is 6.54 Å². The molecule has 2 aromatic carbocycles. The first kappa shape index (κ1) is 18.8. The van der Waals surface area contributed by atoms with Crippen molar-refractivity contribution in [1.29, 1.82) is 0 Å². The van der Waals surface area contributed by atoms with Crippen molar-refractivity contribution < 1.29 is 0 Å². The van der Waals surface area contributed by atoms with Gasteiger partial charge in [-0.1, -0.05) is 48.5 Å². The molecule has 7 heteroatoms. The number of amidine groups is 1. The van der Waals surface area contributed by atoms with Crippen LogP contribution in [-0.2, 0) is 0 Å². The molecule has 0 atom stereocenters. The van der Waals surface area contributed by atoms with Crippen molar-refractivity contribution >= 4 is 35.1 Å². The first-order valence-electron chi connectivity index (χ1n) is 10.1. The van der Waals surface area contributed by atoms with Crippen LogP contribution in [0.3, 0.4) is 0 Å². The highest BCUT2D eigenvalue weighted by atomic mass is 32.2. The number of rotatable bonds is 5. The molecule has 0 aliphatic carbocycles. The van der Waals surface area contributed by atoms with Gasteiger partial charge in [0.2, 0.25) is 11.9 Å². The minimum absolute atomic E-state index is 0.537. The predicted octanol–water partition coefficient (Wildman–Crippen LogP) is 4.53. The predicted molar refractivity (Wildman–Crippen MR) is 122 cm³/mol. The molecule has 0 spiro atoms. The van der Waals surface area contributed by atoms with Crippen molar-refractivity contribution in [2.45, 2.75) is 22.9 Å². The Balaban J connectivity index is 1.40. The van der Waals surface area contributed by atoms with E-state index in [0.29, 0.717) is 17.6 Å². The second-order valence-electron chi connectivity index (χ2n) is 7.21. The minimum atomic E-state index is 0.537. The van der Waals surface area contributed by atoms with E-state index in [1.165, 1.54) is 24.0 Å². The fourth-order valence-corrected chi connectivity index (χ4v) is 4.31. The van der Waals surface area contributed by atoms with Crippen LogP contribution in [0, 0.1) is 0 Å². The molecule has 2 aliphatic heterocycles. The van der Waals surface area contributed by atoms with E-state index in [4.69, 9.17) is 4.98 Å². The summed E-state index contributed by atoms with van der Waals surface area (Å²) in [6.45, 7) is 2.62. The van der Waals surface area contributed by atoms with Crippen molar-refractivity contribution in [3.05, 3.63) is 72.3 Å². The Kier molecular flexibility index (Phi) is 5.44. The van der Waals surface area contributed by atoms with E-state index in [1.54, 1.807) is 11.8 Å². The summed E-state index contributed by atoms with van der Waals surface area (Å²) in [5.74, 6) is 2.05. The number of aliphatic imine (C=N–C) groups is 1. The minimum Gasteiger partial charge on any atom is -0.341 e. The van der Waals surface area contributed by atoms with Gasteiger partial charge in [0.1, 0.15) is 5.84 Å². The first-order chi connectivity index (χ1) is 14.8. The van der Waals surface area contributed by atoms with Crippen LogP contribution in [-0.4, -0.2) is 40.4 Å². The number of nitrogens with zero attached hydrogens (tertiary/aromatic N) is 5. The Morgan fingerprint density at radius 1 is 0.833 bits per heavy atom. The summed E-state index contributed by atoms with van der Waals surface area (Å²) in [7, 11) is 0. The van der Waals surface area contributed by atoms with Crippen LogP contribution in [0.25, 0.3) is 5.57 Å². The summed E-state index contributed by atoms with van der Waals surface area (Å²) < 4.78 is 0. The van der Waals surface area contributed by atoms with Crippen molar-refractivity contribution in [3.63, 3.8) is 0 Å². The summed E-state index contributed by atoms with van der Waals surface area (Å²) in [6, 6.07) is 20.5. The van der Waals surface area contributed by atoms with Gasteiger partial charge < -0.3 is 10.2 Å². The van der Waals surface area contributed by atoms with Gasteiger partial charge in [-0.3, -0.25) is 4.99 Å². The summed E-state index contributed by atoms with van der Waals surface area (Å²) in [4.78, 5) is 22.0. The Morgan fingerprint density at radius 2 is 1.57 bits per heavy atom. The maximum atomic E-state index is 4.72. The van der Waals surface area contributed by atoms with E-state index in [0.717, 1.165) is 29.8 Å². The van der Waals surface area contributed by atoms with Gasteiger partial charge in [0.15, 0.2) is 5.16 Å². The third kappa shape index (κ3) is 4.36. The van der Waals surface area contributed by atoms with Crippen LogP contribution in [0.2, 0.25) is 0 Å². The van der Waals surface area contributed by atoms with Crippen molar-refractivity contribution in [2.24, 2.45) is 4.99 Å². The third-order valence-corrected chi connectivity index (χ3v) is 5.93. The smallest absolute Gasteiger partial charge is 0.234 e. The zero-order chi connectivity index (χ0) is 20.2. The van der Waals surface area contributed by atoms with E-state index < -0.39 is 0 Å². The van der Waals surface area contributed by atoms with Crippen molar-refractivity contribution in [3.8, 4) is 0 Å². The molecule has 0 saturated carbocycles. The molecule has 0 bridgehead atoms. The summed E-state index contributed by atoms with van der Waals surface area (Å²) in [5.41, 5.74) is 2.37. The maximum Gasteiger partial charge on any atom is 0.234 e. The third-order valence-electron chi connectivity index (χ3n) is 5.06. The van der Waals surface area contributed by atoms with Crippen LogP contribution >= 0.6 is 11.8 Å². The van der Waals surface area contributed by atoms with Gasteiger partial charge >= 0.3 is 0 Å². The highest BCUT2D eigenvalue weighted by molar-refractivity contribution is 7.99. The molecule has 1 N–H and O–H groups in total. The first-order valence-corrected chi connectivity index (χ1v) is 11.0. The largest absolute Gasteiger partial charge is 0.341 e. The summed E-state index contributed by atoms with van der Waals surface area (Å²) in [6.07, 6.45) is 4.41. The second kappa shape index (κ2) is 8.67. The van der Waals surface area contributed by atoms with Crippen LogP contribution in [0.1, 0.15) is 18.4 Å². The fourth-order valence-electron chi connectivity index (χ4n) is 3.54. The molecule has 6 nitrogen and oxygen atoms in total. The molecule has 0 radical (unpaired) electrons. The number of hydrogen-bond donors (Lipinski definition) is 1. The highest BCUT2D eigenvalue weighted by Gasteiger charge is 2.19. The Morgan fingerprint density at radius 3 is 2.33 bits per heavy atom. The number of benzene rings is 2. The zero-order valence-corrected chi connectivity index (χ0v) is 17.3. The van der Waals surface area contributed by atoms with E-state index in [1.807, 2.05) is 36.4 Å². The number of hydrogen-bond acceptors (Lipinski definition) is 7. The molecule has 1 saturated heterocycles. The van der Waals surface area contributed by atoms with Crippen LogP contribution in [0.15, 0.2) is 81.8 Å². The van der Waals surface area contributed by atoms with Crippen LogP contribution in [0.5, 0.6) is 0 Å². The van der Waals surface area contributed by atoms with E-state index >= 15 is 0 Å². The average Bonchev–Trinajstić information content (AvgIpc) is 3.48. The molecular formula is C23H22N6S. The molecule has 150 valence electrons. The lowest BCUT2D eigenvalue weighted by Gasteiger charge is -2.16. The zero-order valence-electron chi connectivity index (χ0n) is 16.5. The van der Waals surface area contributed by atoms with Gasteiger partial charge in [0.25, 0.3) is 0 Å². The molecule has 3 heterocycles. The van der Waals surface area contributed by atoms with E-state index in [2.05, 4.69) is 55.5 Å². The molecule has 0 unspecified atom stereocenters. The Labute approximate surface area is 180 Å². The Hall–Kier alpha value is -3.19. The molecule has 1 aromatic heterocycles. The SMILES string of the molecule is C1=C(c2ccccc2)CN=C1Nc1nc(Sc2ccccc2)nc(N2CCCC2)n1. The number of anilines is 2. The standard InChI is InChI=1S/C23H22N6S/c1-3-9-17(10-4-1)18-15-20(24-16-18)25-21-26-22(29-13-7-8-14-29)28-23(27-21)30-19-11-5-2-6-12-19/h1-6,9-12,15H,7-8,13-14,16H2,(H,24,25,26,27,28). The van der Waals surface area contributed by atoms with Gasteiger partial charge in [-0.25, -0.2) is 0 Å². The van der Waals surface area contributed by atoms with Gasteiger partial charge in [-0.2, -0.15) is 15.0 Å². The monoisotopic (exact) mass is 414 g/mol. The maximum absolute atomic E-state index is 4.72. The Bertz CT molecular complexity index is 1080.